The van der Waals surface area contributed by atoms with Crippen molar-refractivity contribution in [2.75, 3.05) is 40.5 Å². The number of likely N-dealkylation sites (tertiary alicyclic amines) is 1. The lowest BCUT2D eigenvalue weighted by Crippen LogP contribution is -2.40. The van der Waals surface area contributed by atoms with Crippen LogP contribution in [0.15, 0.2) is 24.3 Å². The van der Waals surface area contributed by atoms with Gasteiger partial charge in [0, 0.05) is 30.8 Å². The van der Waals surface area contributed by atoms with Crippen molar-refractivity contribution >= 4 is 23.9 Å². The molecule has 0 unspecified atom stereocenters. The van der Waals surface area contributed by atoms with E-state index in [4.69, 9.17) is 9.47 Å². The topological polar surface area (TPSA) is 108 Å². The fourth-order valence-electron chi connectivity index (χ4n) is 2.39. The van der Waals surface area contributed by atoms with Crippen LogP contribution >= 0.6 is 0 Å². The summed E-state index contributed by atoms with van der Waals surface area (Å²) in [6.45, 7) is 1.94. The monoisotopic (exact) mass is 383 g/mol. The molecule has 1 heterocycles. The molecule has 0 aromatic carbocycles. The first-order valence-corrected chi connectivity index (χ1v) is 8.56. The Balaban J connectivity index is 2.60. The van der Waals surface area contributed by atoms with Gasteiger partial charge in [0.2, 0.25) is 0 Å². The second kappa shape index (κ2) is 12.6. The van der Waals surface area contributed by atoms with Gasteiger partial charge in [-0.25, -0.2) is 19.2 Å². The van der Waals surface area contributed by atoms with Crippen molar-refractivity contribution in [2.45, 2.75) is 25.4 Å². The molecule has 1 saturated heterocycles. The molecule has 27 heavy (non-hydrogen) atoms. The SMILES string of the molecule is COC(=O)/C=C/C(=O)OC[C@@H](CN1CCCCC1)OC(=O)/C=C/C(=O)OC. The van der Waals surface area contributed by atoms with Crippen molar-refractivity contribution in [3.63, 3.8) is 0 Å². The molecule has 1 fully saturated rings. The van der Waals surface area contributed by atoms with E-state index in [0.29, 0.717) is 6.54 Å². The Morgan fingerprint density at radius 3 is 1.89 bits per heavy atom. The number of piperidine rings is 1. The number of hydrogen-bond acceptors (Lipinski definition) is 9. The molecule has 0 amide bonds. The molecule has 0 radical (unpaired) electrons. The lowest BCUT2D eigenvalue weighted by Gasteiger charge is -2.29. The maximum absolute atomic E-state index is 11.9. The normalized spacial score (nSPS) is 16.1. The summed E-state index contributed by atoms with van der Waals surface area (Å²) in [5.41, 5.74) is 0. The highest BCUT2D eigenvalue weighted by molar-refractivity contribution is 5.92. The number of rotatable bonds is 9. The van der Waals surface area contributed by atoms with Crippen LogP contribution in [0.1, 0.15) is 19.3 Å². The van der Waals surface area contributed by atoms with Gasteiger partial charge in [-0.3, -0.25) is 4.90 Å². The van der Waals surface area contributed by atoms with Gasteiger partial charge in [-0.2, -0.15) is 0 Å². The van der Waals surface area contributed by atoms with E-state index in [1.165, 1.54) is 14.2 Å². The minimum atomic E-state index is -0.759. The first kappa shape index (κ1) is 22.4. The summed E-state index contributed by atoms with van der Waals surface area (Å²) in [5, 5.41) is 0. The van der Waals surface area contributed by atoms with Gasteiger partial charge in [0.25, 0.3) is 0 Å². The summed E-state index contributed by atoms with van der Waals surface area (Å²) < 4.78 is 19.1. The van der Waals surface area contributed by atoms with Crippen LogP contribution in [0.25, 0.3) is 0 Å². The Hall–Kier alpha value is -2.68. The zero-order chi connectivity index (χ0) is 20.1. The molecule has 1 aliphatic rings. The van der Waals surface area contributed by atoms with E-state index in [2.05, 4.69) is 14.4 Å². The summed E-state index contributed by atoms with van der Waals surface area (Å²) in [7, 11) is 2.38. The largest absolute Gasteiger partial charge is 0.466 e. The zero-order valence-corrected chi connectivity index (χ0v) is 15.5. The molecule has 0 aliphatic carbocycles. The fourth-order valence-corrected chi connectivity index (χ4v) is 2.39. The molecule has 1 atom stereocenters. The summed E-state index contributed by atoms with van der Waals surface area (Å²) >= 11 is 0. The lowest BCUT2D eigenvalue weighted by atomic mass is 10.1. The van der Waals surface area contributed by atoms with E-state index in [-0.39, 0.29) is 6.61 Å². The third-order valence-electron chi connectivity index (χ3n) is 3.72. The van der Waals surface area contributed by atoms with Gasteiger partial charge in [0.1, 0.15) is 12.7 Å². The van der Waals surface area contributed by atoms with E-state index in [1.54, 1.807) is 0 Å². The van der Waals surface area contributed by atoms with Crippen LogP contribution in [-0.4, -0.2) is 75.3 Å². The van der Waals surface area contributed by atoms with Crippen molar-refractivity contribution in [1.82, 2.24) is 4.90 Å². The summed E-state index contributed by atoms with van der Waals surface area (Å²) in [5.74, 6) is -2.87. The molecule has 0 bridgehead atoms. The molecule has 0 saturated carbocycles. The van der Waals surface area contributed by atoms with Crippen LogP contribution in [0.3, 0.4) is 0 Å². The van der Waals surface area contributed by atoms with Gasteiger partial charge in [0.05, 0.1) is 14.2 Å². The molecular weight excluding hydrogens is 358 g/mol. The first-order chi connectivity index (χ1) is 12.9. The van der Waals surface area contributed by atoms with E-state index < -0.39 is 30.0 Å². The maximum atomic E-state index is 11.9. The molecule has 0 aromatic rings. The van der Waals surface area contributed by atoms with Crippen LogP contribution in [-0.2, 0) is 38.1 Å². The van der Waals surface area contributed by atoms with Crippen molar-refractivity contribution in [3.8, 4) is 0 Å². The third-order valence-corrected chi connectivity index (χ3v) is 3.72. The first-order valence-electron chi connectivity index (χ1n) is 8.56. The molecule has 150 valence electrons. The van der Waals surface area contributed by atoms with E-state index in [1.807, 2.05) is 0 Å². The number of methoxy groups -OCH3 is 2. The quantitative estimate of drug-likeness (QED) is 0.317. The molecule has 0 aromatic heterocycles. The predicted molar refractivity (Wildman–Crippen MR) is 93.4 cm³/mol. The number of hydrogen-bond donors (Lipinski definition) is 0. The average Bonchev–Trinajstić information content (AvgIpc) is 2.68. The smallest absolute Gasteiger partial charge is 0.331 e. The second-order valence-corrected chi connectivity index (χ2v) is 5.76. The predicted octanol–water partition coefficient (Wildman–Crippen LogP) is 0.386. The van der Waals surface area contributed by atoms with Gasteiger partial charge in [-0.1, -0.05) is 6.42 Å². The highest BCUT2D eigenvalue weighted by atomic mass is 16.6. The minimum absolute atomic E-state index is 0.182. The molecular formula is C18H25NO8. The standard InChI is InChI=1S/C18H25NO8/c1-24-15(20)6-8-17(22)26-13-14(12-19-10-4-3-5-11-19)27-18(23)9-7-16(21)25-2/h6-9,14H,3-5,10-13H2,1-2H3/b8-6+,9-7+/t14-/m1/s1. The van der Waals surface area contributed by atoms with E-state index in [9.17, 15) is 19.2 Å². The van der Waals surface area contributed by atoms with Crippen LogP contribution < -0.4 is 0 Å². The summed E-state index contributed by atoms with van der Waals surface area (Å²) in [6.07, 6.45) is 6.30. The third kappa shape index (κ3) is 10.1. The molecule has 0 spiro atoms. The number of ether oxygens (including phenoxy) is 4. The van der Waals surface area contributed by atoms with Crippen LogP contribution in [0, 0.1) is 0 Å². The van der Waals surface area contributed by atoms with Crippen molar-refractivity contribution in [1.29, 1.82) is 0 Å². The van der Waals surface area contributed by atoms with Gasteiger partial charge in [-0.05, 0) is 25.9 Å². The van der Waals surface area contributed by atoms with Gasteiger partial charge < -0.3 is 18.9 Å². The van der Waals surface area contributed by atoms with Gasteiger partial charge in [0.15, 0.2) is 0 Å². The highest BCUT2D eigenvalue weighted by Gasteiger charge is 2.21. The van der Waals surface area contributed by atoms with Crippen molar-refractivity contribution < 1.29 is 38.1 Å². The molecule has 1 rings (SSSR count). The molecule has 9 heteroatoms. The molecule has 9 nitrogen and oxygen atoms in total. The van der Waals surface area contributed by atoms with E-state index in [0.717, 1.165) is 56.7 Å². The van der Waals surface area contributed by atoms with Crippen molar-refractivity contribution in [2.24, 2.45) is 0 Å². The Morgan fingerprint density at radius 1 is 0.815 bits per heavy atom. The Morgan fingerprint density at radius 2 is 1.33 bits per heavy atom. The maximum Gasteiger partial charge on any atom is 0.331 e. The minimum Gasteiger partial charge on any atom is -0.466 e. The highest BCUT2D eigenvalue weighted by Crippen LogP contribution is 2.10. The lowest BCUT2D eigenvalue weighted by molar-refractivity contribution is -0.154. The Labute approximate surface area is 157 Å². The fraction of sp³-hybridized carbons (Fsp3) is 0.556. The Bertz CT molecular complexity index is 578. The molecule has 0 N–H and O–H groups in total. The average molecular weight is 383 g/mol. The molecule has 1 aliphatic heterocycles. The number of esters is 4. The van der Waals surface area contributed by atoms with Crippen LogP contribution in [0.4, 0.5) is 0 Å². The zero-order valence-electron chi connectivity index (χ0n) is 15.5. The summed E-state index contributed by atoms with van der Waals surface area (Å²) in [6, 6.07) is 0. The van der Waals surface area contributed by atoms with Crippen molar-refractivity contribution in [3.05, 3.63) is 24.3 Å². The van der Waals surface area contributed by atoms with Crippen LogP contribution in [0.2, 0.25) is 0 Å². The van der Waals surface area contributed by atoms with Gasteiger partial charge in [-0.15, -0.1) is 0 Å². The summed E-state index contributed by atoms with van der Waals surface area (Å²) in [4.78, 5) is 47.7. The Kier molecular flexibility index (Phi) is 10.5. The van der Waals surface area contributed by atoms with Gasteiger partial charge >= 0.3 is 23.9 Å². The number of carbonyl (C=O) groups is 4. The number of carbonyl (C=O) groups excluding carboxylic acids is 4. The number of nitrogens with zero attached hydrogens (tertiary/aromatic N) is 1. The van der Waals surface area contributed by atoms with E-state index >= 15 is 0 Å². The second-order valence-electron chi connectivity index (χ2n) is 5.76. The van der Waals surface area contributed by atoms with Crippen LogP contribution in [0.5, 0.6) is 0 Å².